The third-order valence-corrected chi connectivity index (χ3v) is 3.37. The van der Waals surface area contributed by atoms with Crippen molar-refractivity contribution in [3.8, 4) is 0 Å². The second-order valence-electron chi connectivity index (χ2n) is 4.57. The van der Waals surface area contributed by atoms with Gasteiger partial charge in [0.2, 0.25) is 0 Å². The molecule has 0 saturated carbocycles. The highest BCUT2D eigenvalue weighted by molar-refractivity contribution is 5.92. The van der Waals surface area contributed by atoms with Gasteiger partial charge < -0.3 is 16.0 Å². The Morgan fingerprint density at radius 1 is 1.21 bits per heavy atom. The lowest BCUT2D eigenvalue weighted by molar-refractivity contribution is 0.316. The molecule has 2 rings (SSSR count). The number of rotatable bonds is 6. The third kappa shape index (κ3) is 3.35. The van der Waals surface area contributed by atoms with E-state index in [-0.39, 0.29) is 0 Å². The van der Waals surface area contributed by atoms with Gasteiger partial charge in [0.25, 0.3) is 0 Å². The van der Waals surface area contributed by atoms with Gasteiger partial charge in [-0.2, -0.15) is 0 Å². The van der Waals surface area contributed by atoms with Crippen LogP contribution in [0.3, 0.4) is 0 Å². The molecule has 0 amide bonds. The zero-order valence-electron chi connectivity index (χ0n) is 11.7. The fraction of sp³-hybridized carbons (Fsp3) is 0.400. The van der Waals surface area contributed by atoms with Crippen molar-refractivity contribution < 1.29 is 0 Å². The Labute approximate surface area is 114 Å². The molecule has 1 aromatic heterocycles. The van der Waals surface area contributed by atoms with E-state index in [0.717, 1.165) is 42.8 Å². The SMILES string of the molecule is CCN(CC)CCNc1cc(N)nc2ccccc12. The Morgan fingerprint density at radius 3 is 2.68 bits per heavy atom. The molecule has 0 aliphatic carbocycles. The molecule has 102 valence electrons. The zero-order valence-corrected chi connectivity index (χ0v) is 11.7. The second kappa shape index (κ2) is 6.38. The van der Waals surface area contributed by atoms with Crippen LogP contribution < -0.4 is 11.1 Å². The van der Waals surface area contributed by atoms with Crippen LogP contribution >= 0.6 is 0 Å². The molecule has 0 atom stereocenters. The minimum Gasteiger partial charge on any atom is -0.384 e. The lowest BCUT2D eigenvalue weighted by atomic mass is 10.2. The van der Waals surface area contributed by atoms with E-state index < -0.39 is 0 Å². The van der Waals surface area contributed by atoms with Gasteiger partial charge in [-0.05, 0) is 19.2 Å². The molecule has 19 heavy (non-hydrogen) atoms. The topological polar surface area (TPSA) is 54.2 Å². The molecule has 0 radical (unpaired) electrons. The van der Waals surface area contributed by atoms with E-state index in [4.69, 9.17) is 5.73 Å². The number of benzene rings is 1. The molecule has 4 nitrogen and oxygen atoms in total. The van der Waals surface area contributed by atoms with Crippen molar-refractivity contribution in [1.82, 2.24) is 9.88 Å². The Balaban J connectivity index is 2.12. The number of nitrogens with two attached hydrogens (primary N) is 1. The van der Waals surface area contributed by atoms with Crippen molar-refractivity contribution in [2.75, 3.05) is 37.2 Å². The normalized spacial score (nSPS) is 11.1. The standard InChI is InChI=1S/C15H22N4/c1-3-19(4-2)10-9-17-14-11-15(16)18-13-8-6-5-7-12(13)14/h5-8,11H,3-4,9-10H2,1-2H3,(H3,16,17,18). The number of likely N-dealkylation sites (N-methyl/N-ethyl adjacent to an activating group) is 1. The van der Waals surface area contributed by atoms with Crippen molar-refractivity contribution in [3.63, 3.8) is 0 Å². The smallest absolute Gasteiger partial charge is 0.126 e. The van der Waals surface area contributed by atoms with Gasteiger partial charge in [0.15, 0.2) is 0 Å². The predicted octanol–water partition coefficient (Wildman–Crippen LogP) is 2.57. The van der Waals surface area contributed by atoms with Crippen LogP contribution in [0.25, 0.3) is 10.9 Å². The highest BCUT2D eigenvalue weighted by atomic mass is 15.1. The number of nitrogen functional groups attached to an aromatic ring is 1. The molecule has 0 fully saturated rings. The van der Waals surface area contributed by atoms with Crippen molar-refractivity contribution in [2.45, 2.75) is 13.8 Å². The molecule has 0 aliphatic heterocycles. The lowest BCUT2D eigenvalue weighted by Crippen LogP contribution is -2.28. The van der Waals surface area contributed by atoms with Crippen LogP contribution in [-0.4, -0.2) is 36.1 Å². The van der Waals surface area contributed by atoms with Gasteiger partial charge in [0, 0.05) is 30.2 Å². The maximum atomic E-state index is 5.85. The largest absolute Gasteiger partial charge is 0.384 e. The number of nitrogens with one attached hydrogen (secondary N) is 1. The number of nitrogens with zero attached hydrogens (tertiary/aromatic N) is 2. The van der Waals surface area contributed by atoms with Crippen LogP contribution in [-0.2, 0) is 0 Å². The van der Waals surface area contributed by atoms with Crippen molar-refractivity contribution in [2.24, 2.45) is 0 Å². The molecule has 0 unspecified atom stereocenters. The second-order valence-corrected chi connectivity index (χ2v) is 4.57. The van der Waals surface area contributed by atoms with E-state index in [2.05, 4.69) is 35.1 Å². The molecular weight excluding hydrogens is 236 g/mol. The number of anilines is 2. The molecular formula is C15H22N4. The Bertz CT molecular complexity index is 535. The zero-order chi connectivity index (χ0) is 13.7. The predicted molar refractivity (Wildman–Crippen MR) is 82.4 cm³/mol. The molecule has 3 N–H and O–H groups in total. The summed E-state index contributed by atoms with van der Waals surface area (Å²) in [5, 5.41) is 4.59. The number of aromatic nitrogens is 1. The van der Waals surface area contributed by atoms with Crippen LogP contribution in [0, 0.1) is 0 Å². The van der Waals surface area contributed by atoms with Gasteiger partial charge in [-0.3, -0.25) is 0 Å². The Hall–Kier alpha value is -1.81. The van der Waals surface area contributed by atoms with E-state index in [0.29, 0.717) is 5.82 Å². The van der Waals surface area contributed by atoms with Crippen LogP contribution in [0.4, 0.5) is 11.5 Å². The van der Waals surface area contributed by atoms with E-state index in [1.165, 1.54) is 0 Å². The molecule has 1 aromatic carbocycles. The van der Waals surface area contributed by atoms with E-state index in [1.807, 2.05) is 24.3 Å². The van der Waals surface area contributed by atoms with E-state index >= 15 is 0 Å². The fourth-order valence-corrected chi connectivity index (χ4v) is 2.23. The van der Waals surface area contributed by atoms with E-state index in [9.17, 15) is 0 Å². The third-order valence-electron chi connectivity index (χ3n) is 3.37. The van der Waals surface area contributed by atoms with Crippen molar-refractivity contribution in [3.05, 3.63) is 30.3 Å². The van der Waals surface area contributed by atoms with Gasteiger partial charge in [0.05, 0.1) is 5.52 Å². The first kappa shape index (κ1) is 13.6. The molecule has 4 heteroatoms. The number of fused-ring (bicyclic) bond motifs is 1. The summed E-state index contributed by atoms with van der Waals surface area (Å²) in [7, 11) is 0. The van der Waals surface area contributed by atoms with E-state index in [1.54, 1.807) is 0 Å². The molecule has 0 bridgehead atoms. The molecule has 0 spiro atoms. The maximum absolute atomic E-state index is 5.85. The summed E-state index contributed by atoms with van der Waals surface area (Å²) >= 11 is 0. The highest BCUT2D eigenvalue weighted by Crippen LogP contribution is 2.23. The summed E-state index contributed by atoms with van der Waals surface area (Å²) < 4.78 is 0. The average molecular weight is 258 g/mol. The summed E-state index contributed by atoms with van der Waals surface area (Å²) in [5.74, 6) is 0.559. The minimum atomic E-state index is 0.559. The van der Waals surface area contributed by atoms with Gasteiger partial charge in [-0.1, -0.05) is 32.0 Å². The van der Waals surface area contributed by atoms with Crippen LogP contribution in [0.1, 0.15) is 13.8 Å². The van der Waals surface area contributed by atoms with Gasteiger partial charge in [0.1, 0.15) is 5.82 Å². The van der Waals surface area contributed by atoms with Gasteiger partial charge in [-0.15, -0.1) is 0 Å². The highest BCUT2D eigenvalue weighted by Gasteiger charge is 2.04. The average Bonchev–Trinajstić information content (AvgIpc) is 2.43. The lowest BCUT2D eigenvalue weighted by Gasteiger charge is -2.19. The van der Waals surface area contributed by atoms with Crippen LogP contribution in [0.2, 0.25) is 0 Å². The summed E-state index contributed by atoms with van der Waals surface area (Å²) in [6.07, 6.45) is 0. The van der Waals surface area contributed by atoms with Crippen molar-refractivity contribution in [1.29, 1.82) is 0 Å². The number of hydrogen-bond donors (Lipinski definition) is 2. The monoisotopic (exact) mass is 258 g/mol. The Morgan fingerprint density at radius 2 is 1.95 bits per heavy atom. The van der Waals surface area contributed by atoms with Crippen LogP contribution in [0.5, 0.6) is 0 Å². The maximum Gasteiger partial charge on any atom is 0.126 e. The van der Waals surface area contributed by atoms with Gasteiger partial charge >= 0.3 is 0 Å². The number of para-hydroxylation sites is 1. The molecule has 1 heterocycles. The Kier molecular flexibility index (Phi) is 4.58. The summed E-state index contributed by atoms with van der Waals surface area (Å²) in [6.45, 7) is 8.47. The first-order chi connectivity index (χ1) is 9.24. The van der Waals surface area contributed by atoms with Crippen molar-refractivity contribution >= 4 is 22.4 Å². The summed E-state index contributed by atoms with van der Waals surface area (Å²) in [4.78, 5) is 6.73. The van der Waals surface area contributed by atoms with Gasteiger partial charge in [-0.25, -0.2) is 4.98 Å². The molecule has 2 aromatic rings. The summed E-state index contributed by atoms with van der Waals surface area (Å²) in [5.41, 5.74) is 7.85. The first-order valence-corrected chi connectivity index (χ1v) is 6.86. The first-order valence-electron chi connectivity index (χ1n) is 6.86. The summed E-state index contributed by atoms with van der Waals surface area (Å²) in [6, 6.07) is 9.97. The minimum absolute atomic E-state index is 0.559. The quantitative estimate of drug-likeness (QED) is 0.836. The van der Waals surface area contributed by atoms with Crippen LogP contribution in [0.15, 0.2) is 30.3 Å². The molecule has 0 saturated heterocycles. The fourth-order valence-electron chi connectivity index (χ4n) is 2.23. The molecule has 0 aliphatic rings. The number of hydrogen-bond acceptors (Lipinski definition) is 4. The number of pyridine rings is 1.